The normalized spacial score (nSPS) is 18.2. The van der Waals surface area contributed by atoms with Crippen LogP contribution in [0.15, 0.2) is 53.4 Å². The topological polar surface area (TPSA) is 116 Å². The predicted octanol–water partition coefficient (Wildman–Crippen LogP) is 2.64. The van der Waals surface area contributed by atoms with Crippen molar-refractivity contribution in [2.24, 2.45) is 5.73 Å². The lowest BCUT2D eigenvalue weighted by molar-refractivity contribution is -0.127. The van der Waals surface area contributed by atoms with Crippen molar-refractivity contribution < 1.29 is 27.5 Å². The van der Waals surface area contributed by atoms with Gasteiger partial charge in [0.05, 0.1) is 12.7 Å². The summed E-state index contributed by atoms with van der Waals surface area (Å²) < 4.78 is 38.7. The van der Waals surface area contributed by atoms with Gasteiger partial charge in [-0.3, -0.25) is 4.79 Å². The van der Waals surface area contributed by atoms with E-state index in [9.17, 15) is 18.0 Å². The molecule has 2 aromatic rings. The van der Waals surface area contributed by atoms with Crippen LogP contribution >= 0.6 is 0 Å². The molecule has 0 spiro atoms. The van der Waals surface area contributed by atoms with Crippen LogP contribution < -0.4 is 10.5 Å². The van der Waals surface area contributed by atoms with Gasteiger partial charge in [0.15, 0.2) is 0 Å². The van der Waals surface area contributed by atoms with E-state index in [1.165, 1.54) is 29.6 Å². The molecule has 0 unspecified atom stereocenters. The molecule has 1 heterocycles. The molecule has 0 aliphatic carbocycles. The second-order valence-corrected chi connectivity index (χ2v) is 9.28. The van der Waals surface area contributed by atoms with Gasteiger partial charge in [0.2, 0.25) is 16.1 Å². The Bertz CT molecular complexity index is 1050. The van der Waals surface area contributed by atoms with E-state index in [1.54, 1.807) is 30.3 Å². The van der Waals surface area contributed by atoms with E-state index in [2.05, 4.69) is 0 Å². The molecule has 0 saturated carbocycles. The maximum atomic E-state index is 13.3. The summed E-state index contributed by atoms with van der Waals surface area (Å²) in [6, 6.07) is 12.2. The van der Waals surface area contributed by atoms with Gasteiger partial charge in [-0.15, -0.1) is 0 Å². The second kappa shape index (κ2) is 9.49. The van der Waals surface area contributed by atoms with E-state index >= 15 is 0 Å². The number of benzene rings is 2. The smallest absolute Gasteiger partial charge is 0.339 e. The van der Waals surface area contributed by atoms with Crippen molar-refractivity contribution in [2.75, 3.05) is 13.7 Å². The molecule has 9 heteroatoms. The van der Waals surface area contributed by atoms with Crippen LogP contribution in [0.3, 0.4) is 0 Å². The van der Waals surface area contributed by atoms with Gasteiger partial charge < -0.3 is 15.2 Å². The van der Waals surface area contributed by atoms with Crippen LogP contribution in [-0.4, -0.2) is 44.3 Å². The average molecular weight is 447 g/mol. The molecular weight excluding hydrogens is 420 g/mol. The highest BCUT2D eigenvalue weighted by molar-refractivity contribution is 7.89. The van der Waals surface area contributed by atoms with E-state index in [1.807, 2.05) is 6.92 Å². The average Bonchev–Trinajstić information content (AvgIpc) is 2.77. The molecule has 1 saturated heterocycles. The molecule has 1 aliphatic rings. The third-order valence-electron chi connectivity index (χ3n) is 5.31. The Morgan fingerprint density at radius 3 is 2.45 bits per heavy atom. The van der Waals surface area contributed by atoms with Crippen LogP contribution in [-0.2, 0) is 19.6 Å². The number of rotatable bonds is 7. The quantitative estimate of drug-likeness (QED) is 0.654. The van der Waals surface area contributed by atoms with Gasteiger partial charge in [0.1, 0.15) is 10.6 Å². The molecule has 1 amide bonds. The van der Waals surface area contributed by atoms with Gasteiger partial charge in [0.25, 0.3) is 5.91 Å². The van der Waals surface area contributed by atoms with Gasteiger partial charge in [-0.2, -0.15) is 4.31 Å². The fourth-order valence-electron chi connectivity index (χ4n) is 3.65. The number of carbonyl (C=O) groups is 2. The Morgan fingerprint density at radius 2 is 1.84 bits per heavy atom. The summed E-state index contributed by atoms with van der Waals surface area (Å²) in [6.45, 7) is 2.26. The summed E-state index contributed by atoms with van der Waals surface area (Å²) in [5, 5.41) is 0. The highest BCUT2D eigenvalue weighted by atomic mass is 32.2. The van der Waals surface area contributed by atoms with Crippen molar-refractivity contribution in [3.63, 3.8) is 0 Å². The lowest BCUT2D eigenvalue weighted by atomic mass is 10.1. The number of nitrogens with zero attached hydrogens (tertiary/aromatic N) is 1. The first-order valence-corrected chi connectivity index (χ1v) is 11.4. The Labute approximate surface area is 182 Å². The molecule has 0 aromatic heterocycles. The van der Waals surface area contributed by atoms with Crippen LogP contribution in [0.2, 0.25) is 0 Å². The zero-order valence-electron chi connectivity index (χ0n) is 17.5. The third kappa shape index (κ3) is 4.88. The van der Waals surface area contributed by atoms with Crippen molar-refractivity contribution in [3.8, 4) is 5.75 Å². The monoisotopic (exact) mass is 446 g/mol. The molecule has 8 nitrogen and oxygen atoms in total. The lowest BCUT2D eigenvalue weighted by Gasteiger charge is -2.32. The number of methoxy groups -OCH3 is 1. The van der Waals surface area contributed by atoms with E-state index in [0.717, 1.165) is 19.3 Å². The Kier molecular flexibility index (Phi) is 6.97. The Balaban J connectivity index is 1.94. The minimum Gasteiger partial charge on any atom is -0.495 e. The first kappa shape index (κ1) is 22.8. The van der Waals surface area contributed by atoms with Gasteiger partial charge >= 0.3 is 5.97 Å². The number of esters is 1. The fourth-order valence-corrected chi connectivity index (χ4v) is 5.54. The summed E-state index contributed by atoms with van der Waals surface area (Å²) in [4.78, 5) is 24.5. The summed E-state index contributed by atoms with van der Waals surface area (Å²) >= 11 is 0. The highest BCUT2D eigenvalue weighted by Gasteiger charge is 2.34. The molecule has 2 N–H and O–H groups in total. The number of primary amides is 1. The van der Waals surface area contributed by atoms with Gasteiger partial charge in [-0.25, -0.2) is 13.2 Å². The van der Waals surface area contributed by atoms with Gasteiger partial charge in [-0.05, 0) is 38.0 Å². The zero-order chi connectivity index (χ0) is 22.6. The summed E-state index contributed by atoms with van der Waals surface area (Å²) in [5.41, 5.74) is 5.81. The largest absolute Gasteiger partial charge is 0.495 e. The number of hydrogen-bond acceptors (Lipinski definition) is 6. The highest BCUT2D eigenvalue weighted by Crippen LogP contribution is 2.32. The van der Waals surface area contributed by atoms with Crippen molar-refractivity contribution in [1.29, 1.82) is 0 Å². The third-order valence-corrected chi connectivity index (χ3v) is 7.35. The zero-order valence-corrected chi connectivity index (χ0v) is 18.3. The molecule has 166 valence electrons. The predicted molar refractivity (Wildman–Crippen MR) is 114 cm³/mol. The molecule has 0 radical (unpaired) electrons. The van der Waals surface area contributed by atoms with Crippen molar-refractivity contribution in [2.45, 2.75) is 43.2 Å². The molecule has 1 fully saturated rings. The number of hydrogen-bond donors (Lipinski definition) is 1. The van der Waals surface area contributed by atoms with Gasteiger partial charge in [0, 0.05) is 18.2 Å². The minimum atomic E-state index is -3.90. The summed E-state index contributed by atoms with van der Waals surface area (Å²) in [5.74, 6) is -1.56. The molecular formula is C22H26N2O6S. The van der Waals surface area contributed by atoms with Crippen LogP contribution in [0.25, 0.3) is 0 Å². The molecule has 0 bridgehead atoms. The maximum Gasteiger partial charge on any atom is 0.339 e. The fraction of sp³-hybridized carbons (Fsp3) is 0.364. The standard InChI is InChI=1S/C22H26N2O6S/c1-15-8-6-7-13-24(15)31(27,28)19-14-17(11-12-18(19)29-2)22(26)30-20(21(23)25)16-9-4-3-5-10-16/h3-5,9-12,14-15,20H,6-8,13H2,1-2H3,(H2,23,25)/t15-,20+/m0/s1. The number of amides is 1. The van der Waals surface area contributed by atoms with Crippen LogP contribution in [0.4, 0.5) is 0 Å². The first-order valence-electron chi connectivity index (χ1n) is 10.0. The minimum absolute atomic E-state index is 0.0220. The SMILES string of the molecule is COc1ccc(C(=O)O[C@@H](C(N)=O)c2ccccc2)cc1S(=O)(=O)N1CCCC[C@@H]1C. The Hall–Kier alpha value is -2.91. The number of piperidine rings is 1. The summed E-state index contributed by atoms with van der Waals surface area (Å²) in [7, 11) is -2.53. The molecule has 31 heavy (non-hydrogen) atoms. The summed E-state index contributed by atoms with van der Waals surface area (Å²) in [6.07, 6.45) is 1.20. The number of ether oxygens (including phenoxy) is 2. The van der Waals surface area contributed by atoms with Crippen LogP contribution in [0.5, 0.6) is 5.75 Å². The second-order valence-electron chi connectivity index (χ2n) is 7.42. The first-order chi connectivity index (χ1) is 14.8. The molecule has 3 rings (SSSR count). The van der Waals surface area contributed by atoms with Crippen LogP contribution in [0, 0.1) is 0 Å². The van der Waals surface area contributed by atoms with E-state index < -0.39 is 28.0 Å². The Morgan fingerprint density at radius 1 is 1.13 bits per heavy atom. The number of sulfonamides is 1. The molecule has 2 atom stereocenters. The van der Waals surface area contributed by atoms with Gasteiger partial charge in [-0.1, -0.05) is 36.8 Å². The van der Waals surface area contributed by atoms with E-state index in [4.69, 9.17) is 15.2 Å². The lowest BCUT2D eigenvalue weighted by Crippen LogP contribution is -2.42. The number of carbonyl (C=O) groups excluding carboxylic acids is 2. The van der Waals surface area contributed by atoms with Crippen molar-refractivity contribution >= 4 is 21.9 Å². The van der Waals surface area contributed by atoms with Crippen molar-refractivity contribution in [3.05, 3.63) is 59.7 Å². The van der Waals surface area contributed by atoms with Crippen LogP contribution in [0.1, 0.15) is 48.2 Å². The number of nitrogens with two attached hydrogens (primary N) is 1. The van der Waals surface area contributed by atoms with E-state index in [-0.39, 0.29) is 22.3 Å². The van der Waals surface area contributed by atoms with Crippen molar-refractivity contribution in [1.82, 2.24) is 4.31 Å². The maximum absolute atomic E-state index is 13.3. The molecule has 1 aliphatic heterocycles. The molecule has 2 aromatic carbocycles. The van der Waals surface area contributed by atoms with E-state index in [0.29, 0.717) is 12.1 Å².